The van der Waals surface area contributed by atoms with Gasteiger partial charge in [-0.1, -0.05) is 0 Å². The molecule has 1 heterocycles. The second-order valence-corrected chi connectivity index (χ2v) is 5.78. The van der Waals surface area contributed by atoms with E-state index in [0.717, 1.165) is 19.7 Å². The van der Waals surface area contributed by atoms with Crippen molar-refractivity contribution >= 4 is 0 Å². The van der Waals surface area contributed by atoms with Crippen LogP contribution in [-0.4, -0.2) is 22.8 Å². The molecule has 0 aromatic carbocycles. The summed E-state index contributed by atoms with van der Waals surface area (Å²) in [6.45, 7) is 13.3. The van der Waals surface area contributed by atoms with Gasteiger partial charge in [0, 0.05) is 31.0 Å². The maximum absolute atomic E-state index is 5.53. The van der Waals surface area contributed by atoms with Gasteiger partial charge in [-0.15, -0.1) is 0 Å². The van der Waals surface area contributed by atoms with E-state index in [1.54, 1.807) is 0 Å². The van der Waals surface area contributed by atoms with Crippen LogP contribution in [0.1, 0.15) is 40.2 Å². The first kappa shape index (κ1) is 14.3. The third-order valence-corrected chi connectivity index (χ3v) is 2.44. The molecule has 1 aromatic rings. The fourth-order valence-corrected chi connectivity index (χ4v) is 1.50. The third-order valence-electron chi connectivity index (χ3n) is 2.44. The van der Waals surface area contributed by atoms with Crippen molar-refractivity contribution in [3.8, 4) is 0 Å². The minimum absolute atomic E-state index is 0.169. The van der Waals surface area contributed by atoms with E-state index in [1.165, 1.54) is 5.56 Å². The van der Waals surface area contributed by atoms with Crippen molar-refractivity contribution in [1.82, 2.24) is 9.88 Å². The number of rotatable bonds is 6. The first-order valence-corrected chi connectivity index (χ1v) is 6.38. The SMILES string of the molecule is CC(C)OCCn1ccc(CNC(C)(C)C)c1. The van der Waals surface area contributed by atoms with Crippen LogP contribution in [0.3, 0.4) is 0 Å². The van der Waals surface area contributed by atoms with Gasteiger partial charge in [-0.25, -0.2) is 0 Å². The normalized spacial score (nSPS) is 12.4. The van der Waals surface area contributed by atoms with Crippen molar-refractivity contribution in [3.63, 3.8) is 0 Å². The smallest absolute Gasteiger partial charge is 0.0648 e. The van der Waals surface area contributed by atoms with Gasteiger partial charge in [0.1, 0.15) is 0 Å². The molecular weight excluding hydrogens is 212 g/mol. The van der Waals surface area contributed by atoms with E-state index >= 15 is 0 Å². The van der Waals surface area contributed by atoms with Crippen LogP contribution in [0.15, 0.2) is 18.5 Å². The van der Waals surface area contributed by atoms with E-state index in [-0.39, 0.29) is 5.54 Å². The van der Waals surface area contributed by atoms with Crippen LogP contribution in [0.2, 0.25) is 0 Å². The molecule has 0 unspecified atom stereocenters. The Bertz CT molecular complexity index is 323. The molecule has 1 rings (SSSR count). The lowest BCUT2D eigenvalue weighted by Crippen LogP contribution is -2.34. The highest BCUT2D eigenvalue weighted by Gasteiger charge is 2.08. The van der Waals surface area contributed by atoms with E-state index in [4.69, 9.17) is 4.74 Å². The molecule has 17 heavy (non-hydrogen) atoms. The second kappa shape index (κ2) is 6.22. The number of hydrogen-bond donors (Lipinski definition) is 1. The maximum Gasteiger partial charge on any atom is 0.0648 e. The second-order valence-electron chi connectivity index (χ2n) is 5.78. The average Bonchev–Trinajstić information content (AvgIpc) is 2.61. The number of nitrogens with one attached hydrogen (secondary N) is 1. The molecule has 0 saturated heterocycles. The van der Waals surface area contributed by atoms with Crippen molar-refractivity contribution in [2.75, 3.05) is 6.61 Å². The predicted molar refractivity (Wildman–Crippen MR) is 72.1 cm³/mol. The largest absolute Gasteiger partial charge is 0.377 e. The summed E-state index contributed by atoms with van der Waals surface area (Å²) in [6.07, 6.45) is 4.61. The summed E-state index contributed by atoms with van der Waals surface area (Å²) < 4.78 is 7.72. The summed E-state index contributed by atoms with van der Waals surface area (Å²) in [5, 5.41) is 3.48. The first-order chi connectivity index (χ1) is 7.87. The molecule has 3 nitrogen and oxygen atoms in total. The molecule has 1 N–H and O–H groups in total. The van der Waals surface area contributed by atoms with Crippen LogP contribution < -0.4 is 5.32 Å². The van der Waals surface area contributed by atoms with Crippen LogP contribution in [0.4, 0.5) is 0 Å². The summed E-state index contributed by atoms with van der Waals surface area (Å²) in [7, 11) is 0. The van der Waals surface area contributed by atoms with E-state index in [1.807, 2.05) is 0 Å². The molecule has 0 aliphatic rings. The maximum atomic E-state index is 5.53. The summed E-state index contributed by atoms with van der Waals surface area (Å²) in [4.78, 5) is 0. The standard InChI is InChI=1S/C14H26N2O/c1-12(2)17-9-8-16-7-6-13(11-16)10-15-14(3,4)5/h6-7,11-12,15H,8-10H2,1-5H3. The quantitative estimate of drug-likeness (QED) is 0.825. The highest BCUT2D eigenvalue weighted by Crippen LogP contribution is 2.05. The van der Waals surface area contributed by atoms with Gasteiger partial charge in [0.05, 0.1) is 12.7 Å². The van der Waals surface area contributed by atoms with Gasteiger partial charge in [-0.05, 0) is 46.2 Å². The fourth-order valence-electron chi connectivity index (χ4n) is 1.50. The first-order valence-electron chi connectivity index (χ1n) is 6.38. The molecule has 0 spiro atoms. The zero-order chi connectivity index (χ0) is 12.9. The molecule has 0 fully saturated rings. The molecule has 0 amide bonds. The molecule has 0 bridgehead atoms. The van der Waals surface area contributed by atoms with Crippen LogP contribution >= 0.6 is 0 Å². The van der Waals surface area contributed by atoms with Gasteiger partial charge in [-0.3, -0.25) is 0 Å². The third kappa shape index (κ3) is 6.49. The van der Waals surface area contributed by atoms with Crippen molar-refractivity contribution in [1.29, 1.82) is 0 Å². The Morgan fingerprint density at radius 3 is 2.65 bits per heavy atom. The van der Waals surface area contributed by atoms with Gasteiger partial charge < -0.3 is 14.6 Å². The Labute approximate surface area is 105 Å². The van der Waals surface area contributed by atoms with Crippen LogP contribution in [0.5, 0.6) is 0 Å². The Morgan fingerprint density at radius 1 is 1.35 bits per heavy atom. The van der Waals surface area contributed by atoms with Crippen molar-refractivity contribution in [3.05, 3.63) is 24.0 Å². The van der Waals surface area contributed by atoms with Gasteiger partial charge in [-0.2, -0.15) is 0 Å². The van der Waals surface area contributed by atoms with Crippen molar-refractivity contribution in [2.24, 2.45) is 0 Å². The highest BCUT2D eigenvalue weighted by molar-refractivity contribution is 5.10. The summed E-state index contributed by atoms with van der Waals surface area (Å²) >= 11 is 0. The van der Waals surface area contributed by atoms with Crippen molar-refractivity contribution in [2.45, 2.75) is 59.4 Å². The molecule has 1 aromatic heterocycles. The number of nitrogens with zero attached hydrogens (tertiary/aromatic N) is 1. The van der Waals surface area contributed by atoms with E-state index in [0.29, 0.717) is 6.10 Å². The monoisotopic (exact) mass is 238 g/mol. The van der Waals surface area contributed by atoms with Gasteiger partial charge >= 0.3 is 0 Å². The topological polar surface area (TPSA) is 26.2 Å². The van der Waals surface area contributed by atoms with Gasteiger partial charge in [0.2, 0.25) is 0 Å². The van der Waals surface area contributed by atoms with Gasteiger partial charge in [0.15, 0.2) is 0 Å². The molecule has 0 radical (unpaired) electrons. The molecule has 0 aliphatic carbocycles. The molecule has 0 saturated carbocycles. The van der Waals surface area contributed by atoms with E-state index < -0.39 is 0 Å². The molecule has 0 atom stereocenters. The van der Waals surface area contributed by atoms with Crippen LogP contribution in [0, 0.1) is 0 Å². The average molecular weight is 238 g/mol. The lowest BCUT2D eigenvalue weighted by Gasteiger charge is -2.19. The summed E-state index contributed by atoms with van der Waals surface area (Å²) in [5.41, 5.74) is 1.49. The summed E-state index contributed by atoms with van der Waals surface area (Å²) in [6, 6.07) is 2.16. The van der Waals surface area contributed by atoms with E-state index in [2.05, 4.69) is 63.0 Å². The fraction of sp³-hybridized carbons (Fsp3) is 0.714. The molecule has 0 aliphatic heterocycles. The number of ether oxygens (including phenoxy) is 1. The number of hydrogen-bond acceptors (Lipinski definition) is 2. The van der Waals surface area contributed by atoms with Crippen LogP contribution in [-0.2, 0) is 17.8 Å². The Hall–Kier alpha value is -0.800. The predicted octanol–water partition coefficient (Wildman–Crippen LogP) is 2.80. The minimum Gasteiger partial charge on any atom is -0.377 e. The minimum atomic E-state index is 0.169. The lowest BCUT2D eigenvalue weighted by atomic mass is 10.1. The summed E-state index contributed by atoms with van der Waals surface area (Å²) in [5.74, 6) is 0. The number of aromatic nitrogens is 1. The van der Waals surface area contributed by atoms with Gasteiger partial charge in [0.25, 0.3) is 0 Å². The Kier molecular flexibility index (Phi) is 5.22. The lowest BCUT2D eigenvalue weighted by molar-refractivity contribution is 0.0728. The zero-order valence-electron chi connectivity index (χ0n) is 11.8. The Balaban J connectivity index is 2.32. The molecule has 98 valence electrons. The molecular formula is C14H26N2O. The van der Waals surface area contributed by atoms with Crippen LogP contribution in [0.25, 0.3) is 0 Å². The highest BCUT2D eigenvalue weighted by atomic mass is 16.5. The Morgan fingerprint density at radius 2 is 2.06 bits per heavy atom. The van der Waals surface area contributed by atoms with E-state index in [9.17, 15) is 0 Å². The van der Waals surface area contributed by atoms with Crippen molar-refractivity contribution < 1.29 is 4.74 Å². The zero-order valence-corrected chi connectivity index (χ0v) is 11.8. The molecule has 3 heteroatoms.